The van der Waals surface area contributed by atoms with Gasteiger partial charge in [-0.1, -0.05) is 24.3 Å². The first-order chi connectivity index (χ1) is 10.0. The summed E-state index contributed by atoms with van der Waals surface area (Å²) in [6.07, 6.45) is 0. The molecule has 110 valence electrons. The molecule has 4 nitrogen and oxygen atoms in total. The number of nitrogens with one attached hydrogen (secondary N) is 2. The van der Waals surface area contributed by atoms with Gasteiger partial charge in [0.2, 0.25) is 5.91 Å². The molecule has 2 N–H and O–H groups in total. The minimum atomic E-state index is -0.652. The first kappa shape index (κ1) is 15.0. The topological polar surface area (TPSA) is 58.2 Å². The van der Waals surface area contributed by atoms with E-state index in [1.165, 1.54) is 12.1 Å². The molecule has 0 saturated heterocycles. The summed E-state index contributed by atoms with van der Waals surface area (Å²) in [5.41, 5.74) is 0.350. The van der Waals surface area contributed by atoms with Gasteiger partial charge in [0, 0.05) is 17.5 Å². The summed E-state index contributed by atoms with van der Waals surface area (Å²) in [6.45, 7) is 3.91. The zero-order valence-corrected chi connectivity index (χ0v) is 11.9. The molecule has 0 spiro atoms. The highest BCUT2D eigenvalue weighted by Gasteiger charge is 2.18. The van der Waals surface area contributed by atoms with Crippen LogP contribution in [0.25, 0.3) is 10.8 Å². The van der Waals surface area contributed by atoms with Crippen molar-refractivity contribution in [1.82, 2.24) is 10.6 Å². The Hall–Kier alpha value is -2.43. The van der Waals surface area contributed by atoms with Crippen LogP contribution in [-0.4, -0.2) is 24.4 Å². The highest BCUT2D eigenvalue weighted by atomic mass is 19.1. The molecule has 2 aromatic rings. The smallest absolute Gasteiger partial charge is 0.252 e. The molecule has 0 aromatic heterocycles. The number of carbonyl (C=O) groups excluding carboxylic acids is 2. The van der Waals surface area contributed by atoms with Crippen molar-refractivity contribution in [3.05, 3.63) is 47.8 Å². The van der Waals surface area contributed by atoms with E-state index >= 15 is 0 Å². The van der Waals surface area contributed by atoms with Crippen molar-refractivity contribution in [3.8, 4) is 0 Å². The van der Waals surface area contributed by atoms with Crippen LogP contribution >= 0.6 is 0 Å². The van der Waals surface area contributed by atoms with E-state index in [4.69, 9.17) is 0 Å². The number of hydrogen-bond acceptors (Lipinski definition) is 2. The van der Waals surface area contributed by atoms with E-state index in [1.54, 1.807) is 38.1 Å². The summed E-state index contributed by atoms with van der Waals surface area (Å²) >= 11 is 0. The summed E-state index contributed by atoms with van der Waals surface area (Å²) < 4.78 is 13.7. The first-order valence-electron chi connectivity index (χ1n) is 6.80. The molecule has 2 amide bonds. The van der Waals surface area contributed by atoms with Gasteiger partial charge in [-0.05, 0) is 31.4 Å². The maximum Gasteiger partial charge on any atom is 0.252 e. The Morgan fingerprint density at radius 2 is 1.81 bits per heavy atom. The summed E-state index contributed by atoms with van der Waals surface area (Å²) in [5.74, 6) is -1.03. The SMILES string of the molecule is CCNC(=O)C(C)NC(=O)c1ccc(F)c2ccccc12. The van der Waals surface area contributed by atoms with Crippen molar-refractivity contribution >= 4 is 22.6 Å². The maximum atomic E-state index is 13.7. The molecule has 0 aliphatic heterocycles. The molecule has 0 radical (unpaired) electrons. The minimum absolute atomic E-state index is 0.253. The fraction of sp³-hybridized carbons (Fsp3) is 0.250. The molecule has 5 heteroatoms. The monoisotopic (exact) mass is 288 g/mol. The fourth-order valence-corrected chi connectivity index (χ4v) is 2.13. The number of benzene rings is 2. The van der Waals surface area contributed by atoms with Crippen molar-refractivity contribution in [3.63, 3.8) is 0 Å². The molecule has 0 fully saturated rings. The highest BCUT2D eigenvalue weighted by molar-refractivity contribution is 6.08. The molecule has 21 heavy (non-hydrogen) atoms. The Balaban J connectivity index is 2.28. The van der Waals surface area contributed by atoms with Gasteiger partial charge in [0.15, 0.2) is 0 Å². The van der Waals surface area contributed by atoms with Crippen molar-refractivity contribution < 1.29 is 14.0 Å². The normalized spacial score (nSPS) is 12.0. The van der Waals surface area contributed by atoms with Crippen LogP contribution < -0.4 is 10.6 Å². The van der Waals surface area contributed by atoms with E-state index in [0.29, 0.717) is 22.9 Å². The van der Waals surface area contributed by atoms with Crippen LogP contribution in [0.1, 0.15) is 24.2 Å². The van der Waals surface area contributed by atoms with Crippen LogP contribution in [0, 0.1) is 5.82 Å². The number of carbonyl (C=O) groups is 2. The third-order valence-electron chi connectivity index (χ3n) is 3.21. The average molecular weight is 288 g/mol. The third-order valence-corrected chi connectivity index (χ3v) is 3.21. The van der Waals surface area contributed by atoms with Crippen molar-refractivity contribution in [2.24, 2.45) is 0 Å². The third kappa shape index (κ3) is 3.18. The quantitative estimate of drug-likeness (QED) is 0.906. The highest BCUT2D eigenvalue weighted by Crippen LogP contribution is 2.21. The van der Waals surface area contributed by atoms with Crippen LogP contribution in [-0.2, 0) is 4.79 Å². The number of hydrogen-bond donors (Lipinski definition) is 2. The van der Waals surface area contributed by atoms with Gasteiger partial charge in [-0.25, -0.2) is 4.39 Å². The number of amides is 2. The van der Waals surface area contributed by atoms with Gasteiger partial charge in [-0.15, -0.1) is 0 Å². The van der Waals surface area contributed by atoms with Crippen molar-refractivity contribution in [2.45, 2.75) is 19.9 Å². The number of likely N-dealkylation sites (N-methyl/N-ethyl adjacent to an activating group) is 1. The van der Waals surface area contributed by atoms with Crippen molar-refractivity contribution in [2.75, 3.05) is 6.54 Å². The van der Waals surface area contributed by atoms with Gasteiger partial charge in [0.25, 0.3) is 5.91 Å². The van der Waals surface area contributed by atoms with Gasteiger partial charge in [0.05, 0.1) is 0 Å². The zero-order valence-electron chi connectivity index (χ0n) is 11.9. The molecule has 0 saturated carbocycles. The maximum absolute atomic E-state index is 13.7. The second-order valence-electron chi connectivity index (χ2n) is 4.73. The Bertz CT molecular complexity index is 685. The Morgan fingerprint density at radius 1 is 1.14 bits per heavy atom. The van der Waals surface area contributed by atoms with Gasteiger partial charge in [0.1, 0.15) is 11.9 Å². The minimum Gasteiger partial charge on any atom is -0.355 e. The van der Waals surface area contributed by atoms with E-state index in [0.717, 1.165) is 0 Å². The molecule has 1 unspecified atom stereocenters. The van der Waals surface area contributed by atoms with Crippen molar-refractivity contribution in [1.29, 1.82) is 0 Å². The van der Waals surface area contributed by atoms with Crippen LogP contribution in [0.4, 0.5) is 4.39 Å². The van der Waals surface area contributed by atoms with E-state index in [-0.39, 0.29) is 11.7 Å². The summed E-state index contributed by atoms with van der Waals surface area (Å²) in [7, 11) is 0. The Morgan fingerprint density at radius 3 is 2.48 bits per heavy atom. The van der Waals surface area contributed by atoms with Gasteiger partial charge in [-0.3, -0.25) is 9.59 Å². The first-order valence-corrected chi connectivity index (χ1v) is 6.80. The number of halogens is 1. The summed E-state index contributed by atoms with van der Waals surface area (Å²) in [4.78, 5) is 23.9. The molecule has 0 bridgehead atoms. The van der Waals surface area contributed by atoms with Gasteiger partial charge >= 0.3 is 0 Å². The largest absolute Gasteiger partial charge is 0.355 e. The lowest BCUT2D eigenvalue weighted by molar-refractivity contribution is -0.122. The van der Waals surface area contributed by atoms with Crippen LogP contribution in [0.5, 0.6) is 0 Å². The standard InChI is InChI=1S/C16H17FN2O2/c1-3-18-15(20)10(2)19-16(21)13-8-9-14(17)12-7-5-4-6-11(12)13/h4-10H,3H2,1-2H3,(H,18,20)(H,19,21). The second kappa shape index (κ2) is 6.35. The van der Waals surface area contributed by atoms with E-state index in [9.17, 15) is 14.0 Å². The Labute approximate surface area is 122 Å². The van der Waals surface area contributed by atoms with Crippen LogP contribution in [0.2, 0.25) is 0 Å². The van der Waals surface area contributed by atoms with E-state index in [2.05, 4.69) is 10.6 Å². The van der Waals surface area contributed by atoms with Gasteiger partial charge < -0.3 is 10.6 Å². The predicted molar refractivity (Wildman–Crippen MR) is 79.5 cm³/mol. The lowest BCUT2D eigenvalue weighted by atomic mass is 10.0. The predicted octanol–water partition coefficient (Wildman–Crippen LogP) is 2.23. The molecule has 2 aromatic carbocycles. The lowest BCUT2D eigenvalue weighted by Crippen LogP contribution is -2.44. The lowest BCUT2D eigenvalue weighted by Gasteiger charge is -2.14. The average Bonchev–Trinajstić information content (AvgIpc) is 2.48. The van der Waals surface area contributed by atoms with Gasteiger partial charge in [-0.2, -0.15) is 0 Å². The zero-order chi connectivity index (χ0) is 15.4. The number of rotatable bonds is 4. The molecule has 0 heterocycles. The van der Waals surface area contributed by atoms with E-state index < -0.39 is 11.9 Å². The fourth-order valence-electron chi connectivity index (χ4n) is 2.13. The van der Waals surface area contributed by atoms with E-state index in [1.807, 2.05) is 0 Å². The Kier molecular flexibility index (Phi) is 4.52. The molecular weight excluding hydrogens is 271 g/mol. The molecular formula is C16H17FN2O2. The second-order valence-corrected chi connectivity index (χ2v) is 4.73. The number of fused-ring (bicyclic) bond motifs is 1. The molecule has 2 rings (SSSR count). The summed E-state index contributed by atoms with van der Waals surface area (Å²) in [5, 5.41) is 6.16. The molecule has 0 aliphatic carbocycles. The van der Waals surface area contributed by atoms with Crippen LogP contribution in [0.3, 0.4) is 0 Å². The molecule has 1 atom stereocenters. The molecule has 0 aliphatic rings. The van der Waals surface area contributed by atoms with Crippen LogP contribution in [0.15, 0.2) is 36.4 Å². The summed E-state index contributed by atoms with van der Waals surface area (Å²) in [6, 6.07) is 8.79.